The van der Waals surface area contributed by atoms with E-state index in [-0.39, 0.29) is 29.4 Å². The Labute approximate surface area is 174 Å². The zero-order valence-corrected chi connectivity index (χ0v) is 17.0. The van der Waals surface area contributed by atoms with E-state index in [0.717, 1.165) is 17.0 Å². The highest BCUT2D eigenvalue weighted by molar-refractivity contribution is 6.04. The maximum absolute atomic E-state index is 12.6. The van der Waals surface area contributed by atoms with Crippen LogP contribution >= 0.6 is 0 Å². The summed E-state index contributed by atoms with van der Waals surface area (Å²) < 4.78 is 6.90. The minimum absolute atomic E-state index is 0.201. The molecule has 2 N–H and O–H groups in total. The monoisotopic (exact) mass is 405 g/mol. The largest absolute Gasteiger partial charge is 0.497 e. The number of rotatable bonds is 5. The van der Waals surface area contributed by atoms with Crippen LogP contribution in [0.4, 0.5) is 11.4 Å². The number of methoxy groups -OCH3 is 1. The average Bonchev–Trinajstić information content (AvgIpc) is 3.19. The molecule has 0 bridgehead atoms. The van der Waals surface area contributed by atoms with Gasteiger partial charge in [-0.3, -0.25) is 9.59 Å². The number of benzene rings is 2. The van der Waals surface area contributed by atoms with Crippen LogP contribution in [0.1, 0.15) is 32.7 Å². The minimum Gasteiger partial charge on any atom is -0.497 e. The number of aromatic nitrogens is 2. The van der Waals surface area contributed by atoms with Crippen molar-refractivity contribution in [3.63, 3.8) is 0 Å². The average molecular weight is 405 g/mol. The lowest BCUT2D eigenvalue weighted by atomic mass is 10.1. The summed E-state index contributed by atoms with van der Waals surface area (Å²) in [6.45, 7) is 0.491. The molecule has 0 fully saturated rings. The van der Waals surface area contributed by atoms with Gasteiger partial charge in [-0.25, -0.2) is 4.98 Å². The summed E-state index contributed by atoms with van der Waals surface area (Å²) in [6, 6.07) is 14.8. The molecule has 8 nitrogen and oxygen atoms in total. The van der Waals surface area contributed by atoms with Crippen molar-refractivity contribution in [2.24, 2.45) is 0 Å². The zero-order chi connectivity index (χ0) is 21.3. The molecule has 0 radical (unpaired) electrons. The normalized spacial score (nSPS) is 15.2. The maximum atomic E-state index is 12.6. The molecule has 2 aromatic carbocycles. The number of amides is 2. The van der Waals surface area contributed by atoms with Gasteiger partial charge in [0.05, 0.1) is 13.2 Å². The van der Waals surface area contributed by atoms with Gasteiger partial charge < -0.3 is 24.8 Å². The number of hydrogen-bond donors (Lipinski definition) is 2. The molecule has 1 aliphatic rings. The first kappa shape index (κ1) is 19.5. The zero-order valence-electron chi connectivity index (χ0n) is 17.0. The molecule has 1 aromatic heterocycles. The van der Waals surface area contributed by atoms with E-state index in [2.05, 4.69) is 15.6 Å². The van der Waals surface area contributed by atoms with Gasteiger partial charge in [0, 0.05) is 38.2 Å². The van der Waals surface area contributed by atoms with Crippen molar-refractivity contribution in [1.29, 1.82) is 0 Å². The molecule has 4 rings (SSSR count). The molecule has 0 spiro atoms. The van der Waals surface area contributed by atoms with Crippen LogP contribution in [-0.4, -0.2) is 42.6 Å². The summed E-state index contributed by atoms with van der Waals surface area (Å²) in [7, 11) is 5.51. The Morgan fingerprint density at radius 3 is 2.50 bits per heavy atom. The van der Waals surface area contributed by atoms with Crippen LogP contribution in [0, 0.1) is 0 Å². The fourth-order valence-electron chi connectivity index (χ4n) is 3.37. The lowest BCUT2D eigenvalue weighted by Gasteiger charge is -2.25. The van der Waals surface area contributed by atoms with E-state index in [1.54, 1.807) is 17.9 Å². The third-order valence-electron chi connectivity index (χ3n) is 5.06. The molecule has 2 amide bonds. The summed E-state index contributed by atoms with van der Waals surface area (Å²) in [5.41, 5.74) is 2.85. The van der Waals surface area contributed by atoms with E-state index in [1.807, 2.05) is 67.5 Å². The lowest BCUT2D eigenvalue weighted by molar-refractivity contribution is 0.0894. The first-order valence-corrected chi connectivity index (χ1v) is 9.55. The van der Waals surface area contributed by atoms with E-state index in [1.165, 1.54) is 0 Å². The summed E-state index contributed by atoms with van der Waals surface area (Å²) in [5.74, 6) is 0.314. The molecule has 1 atom stereocenters. The maximum Gasteiger partial charge on any atom is 0.287 e. The van der Waals surface area contributed by atoms with Crippen LogP contribution in [0.2, 0.25) is 0 Å². The van der Waals surface area contributed by atoms with Crippen LogP contribution in [0.25, 0.3) is 0 Å². The number of carbonyl (C=O) groups is 2. The third kappa shape index (κ3) is 3.84. The minimum atomic E-state index is -0.358. The first-order valence-electron chi connectivity index (χ1n) is 9.55. The number of carbonyl (C=O) groups excluding carboxylic acids is 2. The lowest BCUT2D eigenvalue weighted by Crippen LogP contribution is -2.38. The Morgan fingerprint density at radius 2 is 1.87 bits per heavy atom. The van der Waals surface area contributed by atoms with Crippen molar-refractivity contribution >= 4 is 23.2 Å². The molecule has 154 valence electrons. The Kier molecular flexibility index (Phi) is 5.14. The summed E-state index contributed by atoms with van der Waals surface area (Å²) in [6.07, 6.45) is 1.62. The third-order valence-corrected chi connectivity index (χ3v) is 5.06. The molecule has 8 heteroatoms. The quantitative estimate of drug-likeness (QED) is 0.681. The van der Waals surface area contributed by atoms with E-state index < -0.39 is 0 Å². The van der Waals surface area contributed by atoms with Crippen molar-refractivity contribution in [2.45, 2.75) is 12.6 Å². The van der Waals surface area contributed by atoms with Crippen LogP contribution in [0.3, 0.4) is 0 Å². The predicted molar refractivity (Wildman–Crippen MR) is 114 cm³/mol. The van der Waals surface area contributed by atoms with Crippen molar-refractivity contribution in [3.8, 4) is 5.75 Å². The van der Waals surface area contributed by atoms with Crippen LogP contribution in [0.5, 0.6) is 5.75 Å². The molecular formula is C22H23N5O3. The Bertz CT molecular complexity index is 1070. The second-order valence-corrected chi connectivity index (χ2v) is 7.30. The molecule has 30 heavy (non-hydrogen) atoms. The Hall–Kier alpha value is -3.81. The summed E-state index contributed by atoms with van der Waals surface area (Å²) >= 11 is 0. The fraction of sp³-hybridized carbons (Fsp3) is 0.227. The Morgan fingerprint density at radius 1 is 1.17 bits per heavy atom. The topological polar surface area (TPSA) is 88.5 Å². The SMILES string of the molecule is COc1ccc(C2Cn3cc(C(=O)Nc4ccc(N(C)C)cc4)nc3C(=O)N2)cc1. The molecule has 3 aromatic rings. The summed E-state index contributed by atoms with van der Waals surface area (Å²) in [4.78, 5) is 31.4. The molecule has 2 heterocycles. The number of nitrogens with one attached hydrogen (secondary N) is 2. The van der Waals surface area contributed by atoms with Crippen LogP contribution in [-0.2, 0) is 6.54 Å². The summed E-state index contributed by atoms with van der Waals surface area (Å²) in [5, 5.41) is 5.77. The molecule has 0 saturated carbocycles. The van der Waals surface area contributed by atoms with E-state index in [0.29, 0.717) is 12.2 Å². The van der Waals surface area contributed by atoms with Crippen molar-refractivity contribution < 1.29 is 14.3 Å². The molecule has 0 saturated heterocycles. The van der Waals surface area contributed by atoms with Gasteiger partial charge in [-0.15, -0.1) is 0 Å². The number of anilines is 2. The van der Waals surface area contributed by atoms with Crippen molar-refractivity contribution in [1.82, 2.24) is 14.9 Å². The van der Waals surface area contributed by atoms with Gasteiger partial charge in [-0.1, -0.05) is 12.1 Å². The standard InChI is InChI=1S/C22H23N5O3/c1-26(2)16-8-6-15(7-9-16)23-21(28)19-13-27-12-18(25-22(29)20(27)24-19)14-4-10-17(30-3)11-5-14/h4-11,13,18H,12H2,1-3H3,(H,23,28)(H,25,29). The van der Waals surface area contributed by atoms with Gasteiger partial charge in [0.15, 0.2) is 5.82 Å². The number of ether oxygens (including phenoxy) is 1. The molecule has 1 unspecified atom stereocenters. The van der Waals surface area contributed by atoms with Gasteiger partial charge in [0.1, 0.15) is 11.4 Å². The number of fused-ring (bicyclic) bond motifs is 1. The first-order chi connectivity index (χ1) is 14.4. The Balaban J connectivity index is 1.50. The van der Waals surface area contributed by atoms with Gasteiger partial charge in [-0.05, 0) is 42.0 Å². The second kappa shape index (κ2) is 7.90. The van der Waals surface area contributed by atoms with Crippen LogP contribution < -0.4 is 20.3 Å². The van der Waals surface area contributed by atoms with Gasteiger partial charge in [0.25, 0.3) is 11.8 Å². The number of hydrogen-bond acceptors (Lipinski definition) is 5. The molecular weight excluding hydrogens is 382 g/mol. The van der Waals surface area contributed by atoms with Gasteiger partial charge >= 0.3 is 0 Å². The highest BCUT2D eigenvalue weighted by Gasteiger charge is 2.28. The molecule has 1 aliphatic heterocycles. The van der Waals surface area contributed by atoms with E-state index in [9.17, 15) is 9.59 Å². The highest BCUT2D eigenvalue weighted by atomic mass is 16.5. The smallest absolute Gasteiger partial charge is 0.287 e. The van der Waals surface area contributed by atoms with Crippen LogP contribution in [0.15, 0.2) is 54.7 Å². The van der Waals surface area contributed by atoms with Gasteiger partial charge in [-0.2, -0.15) is 0 Å². The van der Waals surface area contributed by atoms with Gasteiger partial charge in [0.2, 0.25) is 0 Å². The number of nitrogens with zero attached hydrogens (tertiary/aromatic N) is 3. The van der Waals surface area contributed by atoms with Crippen molar-refractivity contribution in [2.75, 3.05) is 31.4 Å². The van der Waals surface area contributed by atoms with Crippen molar-refractivity contribution in [3.05, 3.63) is 71.8 Å². The highest BCUT2D eigenvalue weighted by Crippen LogP contribution is 2.24. The van der Waals surface area contributed by atoms with E-state index >= 15 is 0 Å². The predicted octanol–water partition coefficient (Wildman–Crippen LogP) is 2.69. The number of imidazole rings is 1. The fourth-order valence-corrected chi connectivity index (χ4v) is 3.37. The molecule has 0 aliphatic carbocycles. The van der Waals surface area contributed by atoms with E-state index in [4.69, 9.17) is 4.74 Å². The second-order valence-electron chi connectivity index (χ2n) is 7.30.